The van der Waals surface area contributed by atoms with Gasteiger partial charge in [0.1, 0.15) is 5.82 Å². The van der Waals surface area contributed by atoms with Crippen molar-refractivity contribution in [3.63, 3.8) is 0 Å². The predicted molar refractivity (Wildman–Crippen MR) is 74.7 cm³/mol. The van der Waals surface area contributed by atoms with Gasteiger partial charge in [0.25, 0.3) is 0 Å². The summed E-state index contributed by atoms with van der Waals surface area (Å²) in [5, 5.41) is 3.20. The standard InChI is InChI=1S/C14H21BrFN/c1-3-4-5-6-7-14(17-2)12-9-8-11(15)10-13(12)16/h8-10,14,17H,3-7H2,1-2H3. The van der Waals surface area contributed by atoms with Crippen molar-refractivity contribution in [2.75, 3.05) is 7.05 Å². The molecule has 0 bridgehead atoms. The fourth-order valence-electron chi connectivity index (χ4n) is 2.01. The number of benzene rings is 1. The second kappa shape index (κ2) is 7.83. The van der Waals surface area contributed by atoms with Crippen molar-refractivity contribution in [2.24, 2.45) is 0 Å². The van der Waals surface area contributed by atoms with Gasteiger partial charge in [-0.2, -0.15) is 0 Å². The molecule has 0 aliphatic heterocycles. The smallest absolute Gasteiger partial charge is 0.129 e. The summed E-state index contributed by atoms with van der Waals surface area (Å²) >= 11 is 3.28. The molecule has 1 aromatic rings. The van der Waals surface area contributed by atoms with Gasteiger partial charge >= 0.3 is 0 Å². The zero-order valence-corrected chi connectivity index (χ0v) is 12.2. The molecule has 0 saturated carbocycles. The Hall–Kier alpha value is -0.410. The minimum Gasteiger partial charge on any atom is -0.313 e. The van der Waals surface area contributed by atoms with Crippen LogP contribution in [0.3, 0.4) is 0 Å². The minimum absolute atomic E-state index is 0.125. The molecule has 96 valence electrons. The molecule has 1 atom stereocenters. The van der Waals surface area contributed by atoms with Crippen LogP contribution in [-0.4, -0.2) is 7.05 Å². The third kappa shape index (κ3) is 4.76. The van der Waals surface area contributed by atoms with Crippen LogP contribution in [0.4, 0.5) is 4.39 Å². The predicted octanol–water partition coefficient (Wildman–Crippen LogP) is 4.82. The molecule has 0 spiro atoms. The maximum atomic E-state index is 13.8. The van der Waals surface area contributed by atoms with Gasteiger partial charge in [0, 0.05) is 16.1 Å². The summed E-state index contributed by atoms with van der Waals surface area (Å²) in [6, 6.07) is 5.42. The highest BCUT2D eigenvalue weighted by molar-refractivity contribution is 9.10. The van der Waals surface area contributed by atoms with E-state index in [1.54, 1.807) is 0 Å². The Morgan fingerprint density at radius 3 is 2.65 bits per heavy atom. The first kappa shape index (κ1) is 14.7. The number of halogens is 2. The monoisotopic (exact) mass is 301 g/mol. The van der Waals surface area contributed by atoms with Crippen LogP contribution < -0.4 is 5.32 Å². The van der Waals surface area contributed by atoms with Gasteiger partial charge < -0.3 is 5.32 Å². The number of rotatable bonds is 7. The highest BCUT2D eigenvalue weighted by atomic mass is 79.9. The zero-order valence-electron chi connectivity index (χ0n) is 10.6. The molecule has 0 amide bonds. The molecule has 0 radical (unpaired) electrons. The maximum absolute atomic E-state index is 13.8. The number of nitrogens with one attached hydrogen (secondary N) is 1. The summed E-state index contributed by atoms with van der Waals surface area (Å²) in [5.74, 6) is -0.130. The number of hydrogen-bond acceptors (Lipinski definition) is 1. The van der Waals surface area contributed by atoms with Crippen LogP contribution in [0, 0.1) is 5.82 Å². The summed E-state index contributed by atoms with van der Waals surface area (Å²) < 4.78 is 14.6. The first-order chi connectivity index (χ1) is 8.19. The van der Waals surface area contributed by atoms with E-state index in [0.29, 0.717) is 0 Å². The Bertz CT molecular complexity index is 341. The molecule has 1 nitrogen and oxygen atoms in total. The number of hydrogen-bond donors (Lipinski definition) is 1. The number of unbranched alkanes of at least 4 members (excludes halogenated alkanes) is 3. The second-order valence-electron chi connectivity index (χ2n) is 4.36. The topological polar surface area (TPSA) is 12.0 Å². The first-order valence-corrected chi connectivity index (χ1v) is 7.10. The van der Waals surface area contributed by atoms with E-state index in [2.05, 4.69) is 28.2 Å². The fraction of sp³-hybridized carbons (Fsp3) is 0.571. The second-order valence-corrected chi connectivity index (χ2v) is 5.27. The average Bonchev–Trinajstić information content (AvgIpc) is 2.31. The van der Waals surface area contributed by atoms with Crippen molar-refractivity contribution in [1.82, 2.24) is 5.32 Å². The molecular weight excluding hydrogens is 281 g/mol. The molecule has 0 heterocycles. The zero-order chi connectivity index (χ0) is 12.7. The van der Waals surface area contributed by atoms with E-state index in [4.69, 9.17) is 0 Å². The van der Waals surface area contributed by atoms with Crippen molar-refractivity contribution in [2.45, 2.75) is 45.1 Å². The van der Waals surface area contributed by atoms with E-state index in [0.717, 1.165) is 22.9 Å². The van der Waals surface area contributed by atoms with Gasteiger partial charge in [0.2, 0.25) is 0 Å². The SMILES string of the molecule is CCCCCCC(NC)c1ccc(Br)cc1F. The lowest BCUT2D eigenvalue weighted by atomic mass is 10.00. The maximum Gasteiger partial charge on any atom is 0.129 e. The Morgan fingerprint density at radius 2 is 2.06 bits per heavy atom. The van der Waals surface area contributed by atoms with E-state index < -0.39 is 0 Å². The molecule has 0 aliphatic rings. The van der Waals surface area contributed by atoms with Crippen LogP contribution in [0.5, 0.6) is 0 Å². The molecule has 0 fully saturated rings. The molecular formula is C14H21BrFN. The van der Waals surface area contributed by atoms with E-state index >= 15 is 0 Å². The van der Waals surface area contributed by atoms with Crippen molar-refractivity contribution >= 4 is 15.9 Å². The molecule has 0 aliphatic carbocycles. The molecule has 1 aromatic carbocycles. The van der Waals surface area contributed by atoms with E-state index in [1.165, 1.54) is 25.3 Å². The molecule has 0 aromatic heterocycles. The van der Waals surface area contributed by atoms with Crippen LogP contribution >= 0.6 is 15.9 Å². The van der Waals surface area contributed by atoms with Crippen molar-refractivity contribution in [3.8, 4) is 0 Å². The summed E-state index contributed by atoms with van der Waals surface area (Å²) in [6.07, 6.45) is 5.87. The molecule has 0 saturated heterocycles. The third-order valence-electron chi connectivity index (χ3n) is 3.03. The third-order valence-corrected chi connectivity index (χ3v) is 3.53. The summed E-state index contributed by atoms with van der Waals surface area (Å²) in [6.45, 7) is 2.20. The van der Waals surface area contributed by atoms with Gasteiger partial charge in [-0.3, -0.25) is 0 Å². The van der Waals surface area contributed by atoms with Crippen molar-refractivity contribution < 1.29 is 4.39 Å². The van der Waals surface area contributed by atoms with Gasteiger partial charge in [-0.25, -0.2) is 4.39 Å². The van der Waals surface area contributed by atoms with Crippen LogP contribution in [0.2, 0.25) is 0 Å². The summed E-state index contributed by atoms with van der Waals surface area (Å²) in [4.78, 5) is 0. The molecule has 3 heteroatoms. The minimum atomic E-state index is -0.130. The van der Waals surface area contributed by atoms with E-state index in [-0.39, 0.29) is 11.9 Å². The van der Waals surface area contributed by atoms with Crippen LogP contribution in [0.25, 0.3) is 0 Å². The fourth-order valence-corrected chi connectivity index (χ4v) is 2.35. The molecule has 1 unspecified atom stereocenters. The van der Waals surface area contributed by atoms with Crippen LogP contribution in [-0.2, 0) is 0 Å². The quantitative estimate of drug-likeness (QED) is 0.712. The molecule has 1 rings (SSSR count). The lowest BCUT2D eigenvalue weighted by Gasteiger charge is -2.17. The van der Waals surface area contributed by atoms with Gasteiger partial charge in [0.15, 0.2) is 0 Å². The first-order valence-electron chi connectivity index (χ1n) is 6.31. The Labute approximate surface area is 112 Å². The van der Waals surface area contributed by atoms with Crippen molar-refractivity contribution in [3.05, 3.63) is 34.1 Å². The largest absolute Gasteiger partial charge is 0.313 e. The summed E-state index contributed by atoms with van der Waals surface area (Å²) in [7, 11) is 1.89. The molecule has 17 heavy (non-hydrogen) atoms. The van der Waals surface area contributed by atoms with Gasteiger partial charge in [-0.1, -0.05) is 54.6 Å². The Balaban J connectivity index is 2.59. The van der Waals surface area contributed by atoms with Gasteiger partial charge in [-0.15, -0.1) is 0 Å². The van der Waals surface area contributed by atoms with Crippen molar-refractivity contribution in [1.29, 1.82) is 0 Å². The summed E-state index contributed by atoms with van der Waals surface area (Å²) in [5.41, 5.74) is 0.771. The Morgan fingerprint density at radius 1 is 1.29 bits per heavy atom. The average molecular weight is 302 g/mol. The van der Waals surface area contributed by atoms with Gasteiger partial charge in [0.05, 0.1) is 0 Å². The highest BCUT2D eigenvalue weighted by Crippen LogP contribution is 2.24. The van der Waals surface area contributed by atoms with Crippen LogP contribution in [0.1, 0.15) is 50.6 Å². The highest BCUT2D eigenvalue weighted by Gasteiger charge is 2.13. The van der Waals surface area contributed by atoms with E-state index in [1.807, 2.05) is 19.2 Å². The molecule has 1 N–H and O–H groups in total. The lowest BCUT2D eigenvalue weighted by Crippen LogP contribution is -2.17. The lowest BCUT2D eigenvalue weighted by molar-refractivity contribution is 0.480. The van der Waals surface area contributed by atoms with E-state index in [9.17, 15) is 4.39 Å². The van der Waals surface area contributed by atoms with Crippen LogP contribution in [0.15, 0.2) is 22.7 Å². The normalized spacial score (nSPS) is 12.7. The Kier molecular flexibility index (Phi) is 6.75. The van der Waals surface area contributed by atoms with Gasteiger partial charge in [-0.05, 0) is 25.6 Å².